The van der Waals surface area contributed by atoms with Crippen LogP contribution < -0.4 is 30.2 Å². The number of nitrogens with two attached hydrogens (primary N) is 1. The van der Waals surface area contributed by atoms with Gasteiger partial charge in [0.15, 0.2) is 17.4 Å². The molecule has 5 N–H and O–H groups in total. The number of hydrogen-bond acceptors (Lipinski definition) is 7. The van der Waals surface area contributed by atoms with E-state index in [1.807, 2.05) is 6.07 Å². The maximum atomic E-state index is 14.6. The van der Waals surface area contributed by atoms with Gasteiger partial charge in [-0.25, -0.2) is 14.5 Å². The molecule has 38 heavy (non-hydrogen) atoms. The minimum atomic E-state index is -3.88. The molecule has 1 aromatic heterocycles. The van der Waals surface area contributed by atoms with Crippen LogP contribution in [0.15, 0.2) is 65.5 Å². The van der Waals surface area contributed by atoms with Gasteiger partial charge in [0.05, 0.1) is 19.2 Å². The molecule has 4 rings (SSSR count). The molecule has 0 bridgehead atoms. The second kappa shape index (κ2) is 11.3. The number of nitrogens with zero attached hydrogens (tertiary/aromatic N) is 1. The molecule has 0 atom stereocenters. The number of anilines is 1. The maximum absolute atomic E-state index is 14.6. The number of carbonyl (C=O) groups is 1. The van der Waals surface area contributed by atoms with Crippen LogP contribution in [0.2, 0.25) is 0 Å². The number of hydrogen-bond donors (Lipinski definition) is 4. The quantitative estimate of drug-likeness (QED) is 0.239. The highest BCUT2D eigenvalue weighted by molar-refractivity contribution is 7.90. The van der Waals surface area contributed by atoms with Crippen molar-refractivity contribution in [1.29, 1.82) is 0 Å². The number of ether oxygens (including phenoxy) is 2. The monoisotopic (exact) mass is 541 g/mol. The van der Waals surface area contributed by atoms with Crippen molar-refractivity contribution >= 4 is 32.7 Å². The lowest BCUT2D eigenvalue weighted by Gasteiger charge is -2.11. The summed E-state index contributed by atoms with van der Waals surface area (Å²) in [4.78, 5) is 32.0. The topological polar surface area (TPSA) is 165 Å². The zero-order valence-corrected chi connectivity index (χ0v) is 21.0. The lowest BCUT2D eigenvalue weighted by molar-refractivity contribution is 0.0940. The van der Waals surface area contributed by atoms with E-state index in [-0.39, 0.29) is 35.6 Å². The lowest BCUT2D eigenvalue weighted by Crippen LogP contribution is -2.27. The van der Waals surface area contributed by atoms with Crippen LogP contribution in [-0.2, 0) is 23.2 Å². The molecular weight excluding hydrogens is 517 g/mol. The van der Waals surface area contributed by atoms with E-state index in [0.717, 1.165) is 17.2 Å². The molecule has 0 aliphatic heterocycles. The van der Waals surface area contributed by atoms with Crippen molar-refractivity contribution < 1.29 is 27.1 Å². The van der Waals surface area contributed by atoms with Crippen molar-refractivity contribution in [3.05, 3.63) is 93.8 Å². The third kappa shape index (κ3) is 6.63. The minimum Gasteiger partial charge on any atom is -0.497 e. The molecule has 0 fully saturated rings. The van der Waals surface area contributed by atoms with Gasteiger partial charge < -0.3 is 19.8 Å². The van der Waals surface area contributed by atoms with Crippen molar-refractivity contribution in [2.24, 2.45) is 5.14 Å². The molecule has 0 aliphatic carbocycles. The molecule has 0 spiro atoms. The number of carbonyl (C=O) groups excluding carboxylic acids is 1. The van der Waals surface area contributed by atoms with Crippen LogP contribution in [0.1, 0.15) is 21.7 Å². The van der Waals surface area contributed by atoms with E-state index in [2.05, 4.69) is 20.0 Å². The molecule has 198 valence electrons. The van der Waals surface area contributed by atoms with Gasteiger partial charge in [-0.1, -0.05) is 24.3 Å². The number of rotatable bonds is 10. The number of nitrogens with one attached hydrogen (secondary N) is 3. The molecule has 0 radical (unpaired) electrons. The Bertz CT molecular complexity index is 1640. The van der Waals surface area contributed by atoms with E-state index in [0.29, 0.717) is 17.9 Å². The Morgan fingerprint density at radius 3 is 2.58 bits per heavy atom. The van der Waals surface area contributed by atoms with E-state index >= 15 is 0 Å². The van der Waals surface area contributed by atoms with E-state index in [1.165, 1.54) is 25.3 Å². The molecule has 0 saturated heterocycles. The number of amides is 1. The second-order valence-electron chi connectivity index (χ2n) is 8.16. The third-order valence-corrected chi connectivity index (χ3v) is 5.95. The van der Waals surface area contributed by atoms with E-state index in [9.17, 15) is 22.4 Å². The predicted molar refractivity (Wildman–Crippen MR) is 139 cm³/mol. The maximum Gasteiger partial charge on any atom is 0.296 e. The van der Waals surface area contributed by atoms with Crippen LogP contribution in [0.25, 0.3) is 10.9 Å². The summed E-state index contributed by atoms with van der Waals surface area (Å²) in [5.41, 5.74) is 1.21. The van der Waals surface area contributed by atoms with Crippen LogP contribution >= 0.6 is 0 Å². The van der Waals surface area contributed by atoms with Crippen molar-refractivity contribution in [2.45, 2.75) is 13.0 Å². The second-order valence-corrected chi connectivity index (χ2v) is 9.46. The van der Waals surface area contributed by atoms with Crippen LogP contribution in [0.4, 0.5) is 10.1 Å². The van der Waals surface area contributed by atoms with Crippen LogP contribution in [0.5, 0.6) is 11.5 Å². The van der Waals surface area contributed by atoms with Crippen LogP contribution in [0, 0.1) is 5.82 Å². The summed E-state index contributed by atoms with van der Waals surface area (Å²) < 4.78 is 49.7. The fourth-order valence-electron chi connectivity index (χ4n) is 3.65. The summed E-state index contributed by atoms with van der Waals surface area (Å²) in [7, 11) is -2.35. The number of benzene rings is 3. The van der Waals surface area contributed by atoms with Gasteiger partial charge in [-0.2, -0.15) is 8.42 Å². The zero-order valence-electron chi connectivity index (χ0n) is 20.2. The first kappa shape index (κ1) is 26.6. The third-order valence-electron chi connectivity index (χ3n) is 5.43. The van der Waals surface area contributed by atoms with E-state index in [4.69, 9.17) is 14.6 Å². The minimum absolute atomic E-state index is 0.0141. The highest BCUT2D eigenvalue weighted by atomic mass is 32.2. The number of halogens is 1. The average Bonchev–Trinajstić information content (AvgIpc) is 2.88. The molecule has 3 aromatic carbocycles. The van der Waals surface area contributed by atoms with Crippen LogP contribution in [-0.4, -0.2) is 38.0 Å². The molecule has 0 saturated carbocycles. The summed E-state index contributed by atoms with van der Waals surface area (Å²) in [5.74, 6) is -1.24. The smallest absolute Gasteiger partial charge is 0.296 e. The number of aromatic nitrogens is 2. The summed E-state index contributed by atoms with van der Waals surface area (Å²) >= 11 is 0. The van der Waals surface area contributed by atoms with Crippen molar-refractivity contribution in [3.8, 4) is 11.5 Å². The highest BCUT2D eigenvalue weighted by Crippen LogP contribution is 2.25. The number of fused-ring (bicyclic) bond motifs is 1. The fraction of sp³-hybridized carbons (Fsp3) is 0.160. The largest absolute Gasteiger partial charge is 0.497 e. The summed E-state index contributed by atoms with van der Waals surface area (Å²) in [5, 5.41) is 7.50. The first-order chi connectivity index (χ1) is 18.1. The number of methoxy groups -OCH3 is 1. The Kier molecular flexibility index (Phi) is 7.88. The standard InChI is InChI=1S/C25H24FN5O6S/c1-36-18-4-2-3-16(13-18)14-28-25(33)23-29-20-10-9-19(26)22(21(20)24(32)30-23)37-12-11-15-5-7-17(8-6-15)31-38(27,34)35/h2-10,13,31H,11-12,14H2,1H3,(H,28,33)(H2,27,34,35)(H,29,30,32). The molecule has 4 aromatic rings. The van der Waals surface area contributed by atoms with E-state index in [1.54, 1.807) is 30.3 Å². The molecule has 0 unspecified atom stereocenters. The number of aromatic amines is 1. The summed E-state index contributed by atoms with van der Waals surface area (Å²) in [6.07, 6.45) is 0.335. The van der Waals surface area contributed by atoms with Gasteiger partial charge >= 0.3 is 0 Å². The van der Waals surface area contributed by atoms with Gasteiger partial charge in [0.1, 0.15) is 11.1 Å². The normalized spacial score (nSPS) is 11.2. The average molecular weight is 542 g/mol. The Balaban J connectivity index is 1.46. The summed E-state index contributed by atoms with van der Waals surface area (Å²) in [6.45, 7) is 0.189. The van der Waals surface area contributed by atoms with Gasteiger partial charge in [0.25, 0.3) is 21.7 Å². The number of H-pyrrole nitrogens is 1. The molecule has 0 aliphatic rings. The first-order valence-electron chi connectivity index (χ1n) is 11.3. The van der Waals surface area contributed by atoms with Crippen molar-refractivity contribution in [3.63, 3.8) is 0 Å². The Hall–Kier alpha value is -4.49. The Labute approximate surface area is 217 Å². The molecule has 13 heteroatoms. The fourth-order valence-corrected chi connectivity index (χ4v) is 4.11. The SMILES string of the molecule is COc1cccc(CNC(=O)c2nc3ccc(F)c(OCCc4ccc(NS(N)(=O)=O)cc4)c3c(=O)[nH]2)c1. The van der Waals surface area contributed by atoms with Crippen molar-refractivity contribution in [1.82, 2.24) is 15.3 Å². The van der Waals surface area contributed by atoms with Gasteiger partial charge in [0.2, 0.25) is 0 Å². The van der Waals surface area contributed by atoms with Crippen molar-refractivity contribution in [2.75, 3.05) is 18.4 Å². The molecule has 11 nitrogen and oxygen atoms in total. The van der Waals surface area contributed by atoms with Gasteiger partial charge in [-0.05, 0) is 47.5 Å². The first-order valence-corrected chi connectivity index (χ1v) is 12.8. The predicted octanol–water partition coefficient (Wildman–Crippen LogP) is 2.24. The lowest BCUT2D eigenvalue weighted by atomic mass is 10.1. The highest BCUT2D eigenvalue weighted by Gasteiger charge is 2.18. The Morgan fingerprint density at radius 1 is 1.11 bits per heavy atom. The molecule has 1 heterocycles. The summed E-state index contributed by atoms with van der Waals surface area (Å²) in [6, 6.07) is 15.9. The zero-order chi connectivity index (χ0) is 27.3. The Morgan fingerprint density at radius 2 is 1.87 bits per heavy atom. The van der Waals surface area contributed by atoms with E-state index < -0.39 is 27.5 Å². The molecular formula is C25H24FN5O6S. The van der Waals surface area contributed by atoms with Gasteiger partial charge in [0, 0.05) is 18.7 Å². The molecule has 1 amide bonds. The van der Waals surface area contributed by atoms with Gasteiger partial charge in [-0.15, -0.1) is 0 Å². The van der Waals surface area contributed by atoms with Gasteiger partial charge in [-0.3, -0.25) is 14.3 Å². The van der Waals surface area contributed by atoms with Crippen LogP contribution in [0.3, 0.4) is 0 Å².